The minimum absolute atomic E-state index is 0. The molecule has 2 aliphatic rings. The fraction of sp³-hybridized carbons (Fsp3) is 0.348. The van der Waals surface area contributed by atoms with Crippen LogP contribution in [0.1, 0.15) is 25.7 Å². The third-order valence-corrected chi connectivity index (χ3v) is 13.1. The summed E-state index contributed by atoms with van der Waals surface area (Å²) in [6.45, 7) is 9.30. The van der Waals surface area contributed by atoms with Crippen molar-refractivity contribution in [2.75, 3.05) is 39.3 Å². The predicted octanol–water partition coefficient (Wildman–Crippen LogP) is 1.99. The van der Waals surface area contributed by atoms with Crippen LogP contribution < -0.4 is 33.9 Å². The van der Waals surface area contributed by atoms with Gasteiger partial charge in [-0.3, -0.25) is 9.80 Å². The van der Waals surface area contributed by atoms with E-state index < -0.39 is 0 Å². The van der Waals surface area contributed by atoms with Gasteiger partial charge in [0, 0.05) is 82.0 Å². The minimum Gasteiger partial charge on any atom is -1.00 e. The van der Waals surface area contributed by atoms with E-state index in [1.54, 1.807) is 0 Å². The van der Waals surface area contributed by atoms with Gasteiger partial charge in [-0.25, -0.2) is 0 Å². The second-order valence-corrected chi connectivity index (χ2v) is 15.7. The molecule has 0 aliphatic carbocycles. The third kappa shape index (κ3) is 6.21. The lowest BCUT2D eigenvalue weighted by Gasteiger charge is -2.39. The van der Waals surface area contributed by atoms with Gasteiger partial charge in [0.2, 0.25) is 11.0 Å². The molecule has 0 N–H and O–H groups in total. The van der Waals surface area contributed by atoms with E-state index in [-0.39, 0.29) is 24.8 Å². The Kier molecular flexibility index (Phi) is 10.3. The van der Waals surface area contributed by atoms with E-state index in [9.17, 15) is 0 Å². The van der Waals surface area contributed by atoms with Crippen molar-refractivity contribution in [2.45, 2.75) is 38.8 Å². The van der Waals surface area contributed by atoms with Crippen molar-refractivity contribution in [1.82, 2.24) is 18.9 Å². The summed E-state index contributed by atoms with van der Waals surface area (Å²) in [6, 6.07) is 36.0. The number of hydrogen-bond acceptors (Lipinski definition) is 2. The van der Waals surface area contributed by atoms with Crippen molar-refractivity contribution in [3.63, 3.8) is 0 Å². The molecule has 8 heteroatoms. The summed E-state index contributed by atoms with van der Waals surface area (Å²) in [5, 5.41) is 8.18. The summed E-state index contributed by atoms with van der Waals surface area (Å²) in [7, 11) is 4.38. The molecule has 6 heterocycles. The van der Waals surface area contributed by atoms with E-state index >= 15 is 0 Å². The van der Waals surface area contributed by atoms with E-state index in [1.807, 2.05) is 0 Å². The van der Waals surface area contributed by atoms with Crippen LogP contribution in [0.2, 0.25) is 0 Å². The molecular weight excluding hydrogens is 707 g/mol. The summed E-state index contributed by atoms with van der Waals surface area (Å²) < 4.78 is 9.64. The van der Waals surface area contributed by atoms with Gasteiger partial charge >= 0.3 is 0 Å². The van der Waals surface area contributed by atoms with Crippen LogP contribution in [0.3, 0.4) is 0 Å². The normalized spacial score (nSPS) is 16.6. The van der Waals surface area contributed by atoms with Gasteiger partial charge < -0.3 is 33.9 Å². The summed E-state index contributed by atoms with van der Waals surface area (Å²) in [6.07, 6.45) is 9.99. The number of aromatic nitrogens is 4. The molecule has 0 atom stereocenters. The quantitative estimate of drug-likeness (QED) is 0.233. The van der Waals surface area contributed by atoms with Crippen LogP contribution in [0, 0.1) is 11.8 Å². The molecule has 4 aromatic carbocycles. The first-order chi connectivity index (χ1) is 25.6. The standard InChI is InChI=1S/C46H50N6.2ClH/c1-47-39-13-5-3-9-35(39)45-37-11-7-23-51(41(37)15-17-43(45)47)31-29-49-25-19-33(20-26-49)34-21-27-50(28-22-34)30-32-52-24-8-12-38-42(52)16-18-44-46(38)36-10-4-6-14-40(36)48(44)2;;/h3-18,23-24,33-34H,19-22,25-32H2,1-2H3;2*1H/q+2;;/p-2. The zero-order valence-electron chi connectivity index (χ0n) is 31.5. The molecule has 8 aromatic rings. The fourth-order valence-electron chi connectivity index (χ4n) is 10.2. The highest BCUT2D eigenvalue weighted by Crippen LogP contribution is 2.35. The Hall–Kier alpha value is -4.20. The Morgan fingerprint density at radius 2 is 0.852 bits per heavy atom. The smallest absolute Gasteiger partial charge is 0.213 e. The van der Waals surface area contributed by atoms with Crippen molar-refractivity contribution in [3.05, 3.63) is 109 Å². The zero-order valence-corrected chi connectivity index (χ0v) is 33.0. The second kappa shape index (κ2) is 15.1. The maximum atomic E-state index is 2.72. The molecule has 54 heavy (non-hydrogen) atoms. The number of para-hydroxylation sites is 2. The highest BCUT2D eigenvalue weighted by Gasteiger charge is 2.30. The van der Waals surface area contributed by atoms with Crippen molar-refractivity contribution in [3.8, 4) is 0 Å². The number of pyridine rings is 2. The van der Waals surface area contributed by atoms with Gasteiger partial charge in [-0.15, -0.1) is 0 Å². The molecular formula is C46H50Cl2N6. The van der Waals surface area contributed by atoms with E-state index in [2.05, 4.69) is 152 Å². The molecule has 278 valence electrons. The number of hydrogen-bond donors (Lipinski definition) is 0. The third-order valence-electron chi connectivity index (χ3n) is 13.1. The Balaban J connectivity index is 0.00000207. The number of piperidine rings is 2. The molecule has 0 spiro atoms. The number of likely N-dealkylation sites (tertiary alicyclic amines) is 2. The van der Waals surface area contributed by atoms with Gasteiger partial charge in [-0.05, 0) is 100 Å². The van der Waals surface area contributed by atoms with Gasteiger partial charge in [0.1, 0.15) is 0 Å². The van der Waals surface area contributed by atoms with E-state index in [1.165, 1.54) is 117 Å². The monoisotopic (exact) mass is 756 g/mol. The van der Waals surface area contributed by atoms with Crippen LogP contribution in [-0.4, -0.2) is 58.2 Å². The summed E-state index contributed by atoms with van der Waals surface area (Å²) in [5.41, 5.74) is 7.91. The summed E-state index contributed by atoms with van der Waals surface area (Å²) in [4.78, 5) is 5.45. The first-order valence-electron chi connectivity index (χ1n) is 19.6. The number of rotatable bonds is 7. The molecule has 0 radical (unpaired) electrons. The molecule has 2 aliphatic heterocycles. The second-order valence-electron chi connectivity index (χ2n) is 15.7. The Bertz CT molecular complexity index is 2430. The SMILES string of the molecule is Cn1c2ccccc2c2c3ccc[n+](CCN4CCC(C5CCN(CC[n+]6cccc7c8c9ccccc9n(C)c8ccc76)CC5)CC4)c3ccc21.[Cl-].[Cl-]. The lowest BCUT2D eigenvalue weighted by Crippen LogP contribution is -3.00. The zero-order chi connectivity index (χ0) is 34.8. The topological polar surface area (TPSA) is 24.1 Å². The van der Waals surface area contributed by atoms with Crippen LogP contribution in [-0.2, 0) is 27.2 Å². The van der Waals surface area contributed by atoms with Crippen molar-refractivity contribution in [2.24, 2.45) is 25.9 Å². The van der Waals surface area contributed by atoms with Crippen LogP contribution in [0.5, 0.6) is 0 Å². The first kappa shape index (κ1) is 36.8. The number of nitrogens with zero attached hydrogens (tertiary/aromatic N) is 6. The van der Waals surface area contributed by atoms with Crippen LogP contribution >= 0.6 is 0 Å². The van der Waals surface area contributed by atoms with Gasteiger partial charge in [-0.2, -0.15) is 9.13 Å². The Labute approximate surface area is 330 Å². The molecule has 0 saturated carbocycles. The van der Waals surface area contributed by atoms with Crippen LogP contribution in [0.15, 0.2) is 109 Å². The lowest BCUT2D eigenvalue weighted by atomic mass is 9.79. The van der Waals surface area contributed by atoms with E-state index in [0.29, 0.717) is 0 Å². The average molecular weight is 758 g/mol. The summed E-state index contributed by atoms with van der Waals surface area (Å²) >= 11 is 0. The molecule has 10 rings (SSSR count). The Morgan fingerprint density at radius 1 is 0.463 bits per heavy atom. The van der Waals surface area contributed by atoms with E-state index in [4.69, 9.17) is 0 Å². The Morgan fingerprint density at radius 3 is 1.28 bits per heavy atom. The van der Waals surface area contributed by atoms with Gasteiger partial charge in [-0.1, -0.05) is 36.4 Å². The van der Waals surface area contributed by atoms with Crippen LogP contribution in [0.4, 0.5) is 0 Å². The molecule has 0 amide bonds. The van der Waals surface area contributed by atoms with Gasteiger partial charge in [0.25, 0.3) is 0 Å². The molecule has 2 fully saturated rings. The van der Waals surface area contributed by atoms with E-state index in [0.717, 1.165) is 38.0 Å². The molecule has 0 bridgehead atoms. The molecule has 0 unspecified atom stereocenters. The number of benzene rings is 4. The first-order valence-corrected chi connectivity index (χ1v) is 19.6. The van der Waals surface area contributed by atoms with Crippen LogP contribution in [0.25, 0.3) is 65.4 Å². The van der Waals surface area contributed by atoms with Gasteiger partial charge in [0.15, 0.2) is 25.5 Å². The number of fused-ring (bicyclic) bond motifs is 10. The predicted molar refractivity (Wildman–Crippen MR) is 215 cm³/mol. The molecule has 4 aromatic heterocycles. The van der Waals surface area contributed by atoms with Crippen molar-refractivity contribution >= 4 is 65.4 Å². The molecule has 2 saturated heterocycles. The highest BCUT2D eigenvalue weighted by atomic mass is 35.5. The number of aryl methyl sites for hydroxylation is 2. The van der Waals surface area contributed by atoms with Gasteiger partial charge in [0.05, 0.1) is 23.9 Å². The maximum absolute atomic E-state index is 2.72. The molecule has 6 nitrogen and oxygen atoms in total. The summed E-state index contributed by atoms with van der Waals surface area (Å²) in [5.74, 6) is 1.78. The highest BCUT2D eigenvalue weighted by molar-refractivity contribution is 6.20. The average Bonchev–Trinajstić information content (AvgIpc) is 3.67. The minimum atomic E-state index is 0. The fourth-order valence-corrected chi connectivity index (χ4v) is 10.2. The van der Waals surface area contributed by atoms with Crippen molar-refractivity contribution in [1.29, 1.82) is 0 Å². The largest absolute Gasteiger partial charge is 1.00 e. The van der Waals surface area contributed by atoms with Crippen molar-refractivity contribution < 1.29 is 33.9 Å². The maximum Gasteiger partial charge on any atom is 0.213 e. The number of halogens is 2. The lowest BCUT2D eigenvalue weighted by molar-refractivity contribution is -0.671.